The molecule has 0 unspecified atom stereocenters. The van der Waals surface area contributed by atoms with Gasteiger partial charge in [-0.15, -0.1) is 5.73 Å². The second-order valence-electron chi connectivity index (χ2n) is 14.9. The summed E-state index contributed by atoms with van der Waals surface area (Å²) in [5.74, 6) is 2.06. The number of nitrogens with zero attached hydrogens (tertiary/aromatic N) is 2. The Kier molecular flexibility index (Phi) is 24.5. The van der Waals surface area contributed by atoms with Crippen LogP contribution in [-0.2, 0) is 33.0 Å². The van der Waals surface area contributed by atoms with E-state index in [9.17, 15) is 0 Å². The van der Waals surface area contributed by atoms with Crippen LogP contribution in [0.5, 0.6) is 0 Å². The van der Waals surface area contributed by atoms with Crippen molar-refractivity contribution in [3.63, 3.8) is 0 Å². The number of hydrogen-bond acceptors (Lipinski definition) is 5. The molecule has 5 nitrogen and oxygen atoms in total. The van der Waals surface area contributed by atoms with Gasteiger partial charge in [0.05, 0.1) is 19.8 Å². The molecule has 0 spiro atoms. The molecular formula is C48H65Cl2N2O3PRu. The standard InChI is InChI=1S/C27H39N2.C15H10.C6H16O3P.2ClH.Ru/c1-18(2)22-11-9-12-23(19(3)4)26(22)28-15-16-29(17-28)27-24(20(5)6)13-10-14-25(27)21(7)8;1-2-6-12(7-3-1)15-11-10-13-8-4-5-9-14(13)15;1-4-7-10(8-5-2)9-6-3;;;/h9-14,17-21H,15-16H2,1-8H3;1-9,11H;10H,4-6H2,1-3H3;2*1H;/q;;+1;;;+1/p-2. The van der Waals surface area contributed by atoms with Crippen LogP contribution in [0, 0.1) is 6.67 Å². The number of hydrogen-bond donors (Lipinski definition) is 0. The molecule has 1 saturated heterocycles. The first kappa shape index (κ1) is 52.5. The topological polar surface area (TPSA) is 34.2 Å². The minimum atomic E-state index is -1.40. The molecule has 1 aliphatic heterocycles. The van der Waals surface area contributed by atoms with Crippen LogP contribution in [0.1, 0.15) is 128 Å². The maximum absolute atomic E-state index is 5.18. The van der Waals surface area contributed by atoms with Crippen molar-refractivity contribution >= 4 is 31.3 Å². The van der Waals surface area contributed by atoms with E-state index >= 15 is 0 Å². The van der Waals surface area contributed by atoms with Crippen LogP contribution in [-0.4, -0.2) is 32.9 Å². The largest absolute Gasteiger partial charge is 1.00 e. The molecule has 57 heavy (non-hydrogen) atoms. The molecule has 4 aromatic carbocycles. The van der Waals surface area contributed by atoms with Crippen LogP contribution < -0.4 is 45.1 Å². The average molecular weight is 921 g/mol. The zero-order valence-electron chi connectivity index (χ0n) is 35.9. The Morgan fingerprint density at radius 3 is 1.32 bits per heavy atom. The molecule has 0 amide bonds. The molecule has 0 bridgehead atoms. The maximum atomic E-state index is 5.18. The normalized spacial score (nSPS) is 12.7. The van der Waals surface area contributed by atoms with Crippen LogP contribution in [0.25, 0.3) is 11.3 Å². The SMILES string of the molecule is C1=CC(c2ccccc2)=c2ccccc2=1.CC(C)c1cccc(C(C)C)c1N1[CH]N(c2c(C(C)C)cccc2C(C)C)CC1.CCO[PH+](OCC)OCC.[Cl-].[Cl-].[Ru+]. The molecule has 9 heteroatoms. The summed E-state index contributed by atoms with van der Waals surface area (Å²) < 4.78 is 15.5. The van der Waals surface area contributed by atoms with Crippen molar-refractivity contribution < 1.29 is 57.9 Å². The van der Waals surface area contributed by atoms with Crippen molar-refractivity contribution in [1.82, 2.24) is 0 Å². The Bertz CT molecular complexity index is 1800. The first-order chi connectivity index (χ1) is 26.0. The van der Waals surface area contributed by atoms with E-state index in [0.29, 0.717) is 43.5 Å². The molecule has 312 valence electrons. The number of halogens is 2. The van der Waals surface area contributed by atoms with Gasteiger partial charge >= 0.3 is 28.1 Å². The Morgan fingerprint density at radius 1 is 0.544 bits per heavy atom. The summed E-state index contributed by atoms with van der Waals surface area (Å²) >= 11 is 0. The predicted molar refractivity (Wildman–Crippen MR) is 234 cm³/mol. The summed E-state index contributed by atoms with van der Waals surface area (Å²) in [5.41, 5.74) is 14.5. The van der Waals surface area contributed by atoms with Gasteiger partial charge in [-0.25, -0.2) is 0 Å². The van der Waals surface area contributed by atoms with Gasteiger partial charge < -0.3 is 34.6 Å². The first-order valence-corrected chi connectivity index (χ1v) is 21.2. The number of allylic oxidation sites excluding steroid dienone is 1. The van der Waals surface area contributed by atoms with Crippen molar-refractivity contribution in [2.24, 2.45) is 0 Å². The molecule has 2 aliphatic rings. The zero-order valence-corrected chi connectivity index (χ0v) is 40.1. The predicted octanol–water partition coefficient (Wildman–Crippen LogP) is 5.52. The third-order valence-electron chi connectivity index (χ3n) is 9.58. The van der Waals surface area contributed by atoms with Gasteiger partial charge in [0.15, 0.2) is 0 Å². The van der Waals surface area contributed by atoms with Crippen molar-refractivity contribution in [1.29, 1.82) is 0 Å². The fourth-order valence-electron chi connectivity index (χ4n) is 6.93. The number of rotatable bonds is 13. The fraction of sp³-hybridized carbons (Fsp3) is 0.417. The van der Waals surface area contributed by atoms with Gasteiger partial charge in [-0.3, -0.25) is 0 Å². The Balaban J connectivity index is 0.000000485. The van der Waals surface area contributed by atoms with Gasteiger partial charge in [0.2, 0.25) is 0 Å². The minimum Gasteiger partial charge on any atom is -1.00 e. The molecule has 1 fully saturated rings. The summed E-state index contributed by atoms with van der Waals surface area (Å²) in [6, 6.07) is 32.5. The van der Waals surface area contributed by atoms with E-state index in [1.165, 1.54) is 55.2 Å². The van der Waals surface area contributed by atoms with E-state index in [0.717, 1.165) is 13.1 Å². The molecule has 0 aromatic heterocycles. The van der Waals surface area contributed by atoms with Crippen molar-refractivity contribution in [3.8, 4) is 0 Å². The second kappa shape index (κ2) is 26.6. The number of fused-ring (bicyclic) bond motifs is 1. The molecule has 4 aromatic rings. The smallest absolute Gasteiger partial charge is 1.00 e. The molecular weight excluding hydrogens is 855 g/mol. The average Bonchev–Trinajstić information content (AvgIpc) is 3.83. The van der Waals surface area contributed by atoms with Crippen molar-refractivity contribution in [3.05, 3.63) is 142 Å². The quantitative estimate of drug-likeness (QED) is 0.131. The molecule has 0 saturated carbocycles. The number of benzene rings is 4. The number of anilines is 2. The molecule has 0 atom stereocenters. The second-order valence-corrected chi connectivity index (χ2v) is 16.2. The molecule has 1 aliphatic carbocycles. The fourth-order valence-corrected chi connectivity index (χ4v) is 7.89. The van der Waals surface area contributed by atoms with Crippen LogP contribution >= 0.6 is 8.60 Å². The third kappa shape index (κ3) is 14.3. The van der Waals surface area contributed by atoms with E-state index in [2.05, 4.69) is 163 Å². The van der Waals surface area contributed by atoms with E-state index < -0.39 is 8.60 Å². The van der Waals surface area contributed by atoms with Gasteiger partial charge in [-0.2, -0.15) is 13.6 Å². The van der Waals surface area contributed by atoms with Crippen LogP contribution in [0.4, 0.5) is 11.4 Å². The summed E-state index contributed by atoms with van der Waals surface area (Å²) in [4.78, 5) is 5.01. The van der Waals surface area contributed by atoms with Crippen molar-refractivity contribution in [2.75, 3.05) is 42.7 Å². The van der Waals surface area contributed by atoms with E-state index in [1.807, 2.05) is 32.9 Å². The Labute approximate surface area is 371 Å². The summed E-state index contributed by atoms with van der Waals surface area (Å²) in [6.07, 6.45) is 2.07. The van der Waals surface area contributed by atoms with E-state index in [-0.39, 0.29) is 44.3 Å². The summed E-state index contributed by atoms with van der Waals surface area (Å²) in [6.45, 7) is 30.7. The van der Waals surface area contributed by atoms with Crippen LogP contribution in [0.15, 0.2) is 97.1 Å². The van der Waals surface area contributed by atoms with Gasteiger partial charge in [-0.05, 0) is 95.2 Å². The molecule has 6 rings (SSSR count). The van der Waals surface area contributed by atoms with Crippen LogP contribution in [0.2, 0.25) is 0 Å². The monoisotopic (exact) mass is 920 g/mol. The molecule has 0 N–H and O–H groups in total. The number of para-hydroxylation sites is 2. The Morgan fingerprint density at radius 2 is 0.930 bits per heavy atom. The van der Waals surface area contributed by atoms with Gasteiger partial charge in [-0.1, -0.05) is 140 Å². The zero-order chi connectivity index (χ0) is 39.2. The third-order valence-corrected chi connectivity index (χ3v) is 11.2. The van der Waals surface area contributed by atoms with Gasteiger partial charge in [0.1, 0.15) is 6.67 Å². The Hall–Kier alpha value is -2.49. The first-order valence-electron chi connectivity index (χ1n) is 20.0. The summed E-state index contributed by atoms with van der Waals surface area (Å²) in [5, 5.41) is 2.47. The summed E-state index contributed by atoms with van der Waals surface area (Å²) in [7, 11) is -1.40. The van der Waals surface area contributed by atoms with Gasteiger partial charge in [0, 0.05) is 29.7 Å². The molecule has 2 radical (unpaired) electrons. The molecule has 1 heterocycles. The maximum Gasteiger partial charge on any atom is 1.00 e. The van der Waals surface area contributed by atoms with E-state index in [4.69, 9.17) is 13.6 Å². The minimum absolute atomic E-state index is 0. The van der Waals surface area contributed by atoms with Crippen molar-refractivity contribution in [2.45, 2.75) is 99.8 Å². The van der Waals surface area contributed by atoms with E-state index in [1.54, 1.807) is 0 Å². The van der Waals surface area contributed by atoms with Crippen LogP contribution in [0.3, 0.4) is 0 Å². The van der Waals surface area contributed by atoms with Gasteiger partial charge in [0.25, 0.3) is 0 Å².